The van der Waals surface area contributed by atoms with Crippen molar-refractivity contribution in [3.8, 4) is 0 Å². The van der Waals surface area contributed by atoms with E-state index in [4.69, 9.17) is 0 Å². The van der Waals surface area contributed by atoms with Crippen LogP contribution in [0.3, 0.4) is 0 Å². The van der Waals surface area contributed by atoms with Gasteiger partial charge in [-0.15, -0.1) is 0 Å². The summed E-state index contributed by atoms with van der Waals surface area (Å²) >= 11 is 0.975. The van der Waals surface area contributed by atoms with Crippen molar-refractivity contribution in [1.82, 2.24) is 0 Å². The molecule has 2 N–H and O–H groups in total. The molecule has 1 aliphatic rings. The summed E-state index contributed by atoms with van der Waals surface area (Å²) in [6.07, 6.45) is 0. The van der Waals surface area contributed by atoms with Gasteiger partial charge < -0.3 is 9.44 Å². The van der Waals surface area contributed by atoms with Crippen LogP contribution in [0.1, 0.15) is 5.56 Å². The molecule has 0 atom stereocenters. The molecule has 0 radical (unpaired) electrons. The smallest absolute Gasteiger partial charge is 0.197 e. The summed E-state index contributed by atoms with van der Waals surface area (Å²) in [7, 11) is 0. The largest absolute Gasteiger partial charge is 0.310 e. The van der Waals surface area contributed by atoms with Gasteiger partial charge in [-0.05, 0) is 6.92 Å². The van der Waals surface area contributed by atoms with Crippen molar-refractivity contribution >= 4 is 23.5 Å². The maximum absolute atomic E-state index is 13.0. The number of halogens is 3. The first-order chi connectivity index (χ1) is 6.13. The number of anilines is 2. The molecule has 1 aliphatic heterocycles. The maximum Gasteiger partial charge on any atom is 0.197 e. The van der Waals surface area contributed by atoms with Crippen molar-refractivity contribution in [1.29, 1.82) is 0 Å². The third-order valence-corrected chi connectivity index (χ3v) is 2.48. The average molecular weight is 206 g/mol. The molecule has 0 aliphatic carbocycles. The lowest BCUT2D eigenvalue weighted by Gasteiger charge is -2.05. The Hall–Kier alpha value is -1.04. The van der Waals surface area contributed by atoms with Gasteiger partial charge in [-0.3, -0.25) is 0 Å². The molecular weight excluding hydrogens is 201 g/mol. The van der Waals surface area contributed by atoms with Crippen LogP contribution in [0.15, 0.2) is 0 Å². The molecule has 13 heavy (non-hydrogen) atoms. The molecule has 0 unspecified atom stereocenters. The topological polar surface area (TPSA) is 24.1 Å². The number of fused-ring (bicyclic) bond motifs is 1. The molecule has 0 bridgehead atoms. The molecule has 1 aromatic rings. The number of nitrogens with one attached hydrogen (secondary N) is 2. The van der Waals surface area contributed by atoms with Crippen LogP contribution < -0.4 is 9.44 Å². The highest BCUT2D eigenvalue weighted by molar-refractivity contribution is 8.02. The molecule has 0 saturated heterocycles. The van der Waals surface area contributed by atoms with Crippen LogP contribution in [0.2, 0.25) is 0 Å². The molecule has 1 aromatic carbocycles. The Labute approximate surface area is 76.8 Å². The second-order valence-corrected chi connectivity index (χ2v) is 3.24. The molecule has 1 heterocycles. The quantitative estimate of drug-likeness (QED) is 0.504. The first-order valence-electron chi connectivity index (χ1n) is 3.48. The van der Waals surface area contributed by atoms with Gasteiger partial charge in [0, 0.05) is 5.56 Å². The minimum Gasteiger partial charge on any atom is -0.310 e. The van der Waals surface area contributed by atoms with E-state index in [1.54, 1.807) is 0 Å². The van der Waals surface area contributed by atoms with Gasteiger partial charge in [-0.1, -0.05) is 0 Å². The highest BCUT2D eigenvalue weighted by Gasteiger charge is 2.25. The van der Waals surface area contributed by atoms with Crippen molar-refractivity contribution in [2.75, 3.05) is 9.44 Å². The maximum atomic E-state index is 13.0. The Kier molecular flexibility index (Phi) is 1.80. The Morgan fingerprint density at radius 3 is 2.23 bits per heavy atom. The second-order valence-electron chi connectivity index (χ2n) is 2.62. The summed E-state index contributed by atoms with van der Waals surface area (Å²) in [5.41, 5.74) is 0.314. The zero-order chi connectivity index (χ0) is 9.59. The van der Waals surface area contributed by atoms with Crippen molar-refractivity contribution in [2.45, 2.75) is 6.92 Å². The molecule has 0 saturated carbocycles. The summed E-state index contributed by atoms with van der Waals surface area (Å²) in [6.45, 7) is 1.39. The molecule has 0 spiro atoms. The molecule has 0 amide bonds. The number of benzene rings is 1. The predicted octanol–water partition coefficient (Wildman–Crippen LogP) is 2.81. The molecule has 0 aromatic heterocycles. The molecule has 6 heteroatoms. The van der Waals surface area contributed by atoms with Gasteiger partial charge in [0.15, 0.2) is 17.5 Å². The van der Waals surface area contributed by atoms with Gasteiger partial charge in [-0.25, -0.2) is 13.2 Å². The van der Waals surface area contributed by atoms with Gasteiger partial charge in [0.1, 0.15) is 5.69 Å². The fourth-order valence-electron chi connectivity index (χ4n) is 1.13. The highest BCUT2D eigenvalue weighted by Crippen LogP contribution is 2.40. The van der Waals surface area contributed by atoms with Crippen molar-refractivity contribution in [3.63, 3.8) is 0 Å². The van der Waals surface area contributed by atoms with E-state index in [0.29, 0.717) is 0 Å². The number of hydrogen-bond acceptors (Lipinski definition) is 3. The van der Waals surface area contributed by atoms with Crippen molar-refractivity contribution in [2.24, 2.45) is 0 Å². The fourth-order valence-corrected chi connectivity index (χ4v) is 1.83. The van der Waals surface area contributed by atoms with Crippen molar-refractivity contribution < 1.29 is 13.2 Å². The van der Waals surface area contributed by atoms with Crippen LogP contribution in [0, 0.1) is 24.4 Å². The summed E-state index contributed by atoms with van der Waals surface area (Å²) in [5.74, 6) is -3.77. The first kappa shape index (κ1) is 8.55. The van der Waals surface area contributed by atoms with Crippen LogP contribution in [-0.4, -0.2) is 0 Å². The van der Waals surface area contributed by atoms with Crippen LogP contribution in [0.5, 0.6) is 0 Å². The predicted molar refractivity (Wildman–Crippen MR) is 45.9 cm³/mol. The summed E-state index contributed by atoms with van der Waals surface area (Å²) < 4.78 is 43.9. The Morgan fingerprint density at radius 1 is 0.923 bits per heavy atom. The van der Waals surface area contributed by atoms with E-state index >= 15 is 0 Å². The average Bonchev–Trinajstić information content (AvgIpc) is 2.59. The van der Waals surface area contributed by atoms with Crippen LogP contribution >= 0.6 is 12.1 Å². The normalized spacial score (nSPS) is 13.5. The minimum atomic E-state index is -1.44. The highest BCUT2D eigenvalue weighted by atomic mass is 32.2. The molecule has 70 valence electrons. The first-order valence-corrected chi connectivity index (χ1v) is 4.29. The summed E-state index contributed by atoms with van der Waals surface area (Å²) in [4.78, 5) is 0. The molecule has 0 fully saturated rings. The van der Waals surface area contributed by atoms with E-state index < -0.39 is 17.5 Å². The third kappa shape index (κ3) is 1.05. The lowest BCUT2D eigenvalue weighted by molar-refractivity contribution is 0.447. The van der Waals surface area contributed by atoms with E-state index in [2.05, 4.69) is 9.44 Å². The zero-order valence-electron chi connectivity index (χ0n) is 6.54. The van der Waals surface area contributed by atoms with Gasteiger partial charge in [0.05, 0.1) is 17.8 Å². The van der Waals surface area contributed by atoms with Crippen molar-refractivity contribution in [3.05, 3.63) is 23.0 Å². The zero-order valence-corrected chi connectivity index (χ0v) is 7.36. The summed E-state index contributed by atoms with van der Waals surface area (Å²) in [6, 6.07) is 0. The minimum absolute atomic E-state index is 0.0265. The van der Waals surface area contributed by atoms with Crippen LogP contribution in [0.25, 0.3) is 0 Å². The number of rotatable bonds is 0. The molecule has 2 nitrogen and oxygen atoms in total. The third-order valence-electron chi connectivity index (χ3n) is 1.87. The lowest BCUT2D eigenvalue weighted by atomic mass is 10.1. The van der Waals surface area contributed by atoms with Gasteiger partial charge in [-0.2, -0.15) is 0 Å². The van der Waals surface area contributed by atoms with Crippen LogP contribution in [-0.2, 0) is 0 Å². The lowest BCUT2D eigenvalue weighted by Crippen LogP contribution is -1.98. The second kappa shape index (κ2) is 2.73. The Balaban J connectivity index is 2.77. The van der Waals surface area contributed by atoms with E-state index in [9.17, 15) is 13.2 Å². The molecular formula is C7H5F3N2S. The standard InChI is InChI=1S/C7H5F3N2S/c1-2-3(8)4(9)5(10)7-6(2)11-13-12-7/h11-12H,1H3. The van der Waals surface area contributed by atoms with E-state index in [1.165, 1.54) is 6.92 Å². The Bertz CT molecular complexity index is 346. The van der Waals surface area contributed by atoms with Crippen LogP contribution in [0.4, 0.5) is 24.5 Å². The SMILES string of the molecule is Cc1c(F)c(F)c(F)c2c1NSN2. The van der Waals surface area contributed by atoms with Gasteiger partial charge >= 0.3 is 0 Å². The van der Waals surface area contributed by atoms with Gasteiger partial charge in [0.2, 0.25) is 0 Å². The van der Waals surface area contributed by atoms with E-state index in [-0.39, 0.29) is 16.9 Å². The van der Waals surface area contributed by atoms with Gasteiger partial charge in [0.25, 0.3) is 0 Å². The monoisotopic (exact) mass is 206 g/mol. The summed E-state index contributed by atoms with van der Waals surface area (Å²) in [5, 5.41) is 0. The fraction of sp³-hybridized carbons (Fsp3) is 0.143. The van der Waals surface area contributed by atoms with E-state index in [1.807, 2.05) is 0 Å². The number of hydrogen-bond donors (Lipinski definition) is 2. The van der Waals surface area contributed by atoms with E-state index in [0.717, 1.165) is 12.1 Å². The molecule has 2 rings (SSSR count). The Morgan fingerprint density at radius 2 is 1.54 bits per heavy atom.